The first-order valence-corrected chi connectivity index (χ1v) is 13.2. The first-order chi connectivity index (χ1) is 16.5. The van der Waals surface area contributed by atoms with E-state index in [1.807, 2.05) is 0 Å². The monoisotopic (exact) mass is 480 g/mol. The zero-order valence-corrected chi connectivity index (χ0v) is 21.8. The molecule has 0 heterocycles. The van der Waals surface area contributed by atoms with E-state index >= 15 is 0 Å². The Labute approximate surface area is 207 Å². The van der Waals surface area contributed by atoms with Crippen LogP contribution in [-0.2, 0) is 0 Å². The van der Waals surface area contributed by atoms with Crippen molar-refractivity contribution in [1.29, 1.82) is 0 Å². The second-order valence-corrected chi connectivity index (χ2v) is 8.56. The highest BCUT2D eigenvalue weighted by atomic mass is 15.2. The Balaban J connectivity index is 3.71. The molecule has 0 amide bonds. The number of rotatable bonds is 19. The molecular weight excluding hydrogens is 428 g/mol. The molecule has 198 valence electrons. The van der Waals surface area contributed by atoms with Crippen molar-refractivity contribution >= 4 is 23.8 Å². The average Bonchev–Trinajstić information content (AvgIpc) is 2.80. The van der Waals surface area contributed by atoms with Gasteiger partial charge in [0.05, 0.1) is 0 Å². The van der Waals surface area contributed by atoms with E-state index in [9.17, 15) is 0 Å². The Morgan fingerprint density at radius 3 is 0.912 bits per heavy atom. The Morgan fingerprint density at radius 1 is 0.412 bits per heavy atom. The molecule has 0 aromatic carbocycles. The summed E-state index contributed by atoms with van der Waals surface area (Å²) in [5.41, 5.74) is 23.3. The summed E-state index contributed by atoms with van der Waals surface area (Å²) < 4.78 is 0. The van der Waals surface area contributed by atoms with E-state index in [0.717, 1.165) is 51.6 Å². The van der Waals surface area contributed by atoms with E-state index in [-0.39, 0.29) is 0 Å². The van der Waals surface area contributed by atoms with Crippen molar-refractivity contribution in [3.05, 3.63) is 0 Å². The van der Waals surface area contributed by atoms with E-state index in [1.165, 1.54) is 51.4 Å². The standard InChI is InChI=1S/C24H52N10/c1-3-5-7-13-17-29-21(25)33-23(27)31-19-15-11-9-10-12-16-20-32-24(28)34-22(26)30-18-14-8-6-4-2/h3-20H2,1-2H3,(H5,25,27,29,31,33)(H5,26,28,30,32,34). The molecule has 0 saturated heterocycles. The SMILES string of the molecule is CCCCCCN=C(N)NC(N)=NCCCCCCCCN=C(N)NC(N)=NCCCCCC. The summed E-state index contributed by atoms with van der Waals surface area (Å²) in [6, 6.07) is 0. The van der Waals surface area contributed by atoms with Gasteiger partial charge < -0.3 is 22.9 Å². The second kappa shape index (κ2) is 23.6. The van der Waals surface area contributed by atoms with Gasteiger partial charge in [-0.1, -0.05) is 78.1 Å². The predicted molar refractivity (Wildman–Crippen MR) is 148 cm³/mol. The minimum Gasteiger partial charge on any atom is -0.370 e. The van der Waals surface area contributed by atoms with Crippen molar-refractivity contribution in [3.63, 3.8) is 0 Å². The molecule has 0 fully saturated rings. The Morgan fingerprint density at radius 2 is 0.647 bits per heavy atom. The van der Waals surface area contributed by atoms with Crippen LogP contribution in [0.3, 0.4) is 0 Å². The Bertz CT molecular complexity index is 547. The number of hydrogen-bond acceptors (Lipinski definition) is 4. The maximum atomic E-state index is 5.85. The summed E-state index contributed by atoms with van der Waals surface area (Å²) in [5, 5.41) is 5.69. The maximum Gasteiger partial charge on any atom is 0.195 e. The van der Waals surface area contributed by atoms with Crippen LogP contribution in [-0.4, -0.2) is 50.0 Å². The molecule has 10 nitrogen and oxygen atoms in total. The van der Waals surface area contributed by atoms with Gasteiger partial charge in [0.1, 0.15) is 0 Å². The maximum absolute atomic E-state index is 5.85. The summed E-state index contributed by atoms with van der Waals surface area (Å²) >= 11 is 0. The van der Waals surface area contributed by atoms with Gasteiger partial charge in [0.15, 0.2) is 23.8 Å². The normalized spacial score (nSPS) is 13.4. The molecule has 0 bridgehead atoms. The molecule has 0 unspecified atom stereocenters. The number of unbranched alkanes of at least 4 members (excludes halogenated alkanes) is 11. The number of guanidine groups is 4. The van der Waals surface area contributed by atoms with Gasteiger partial charge in [-0.05, 0) is 25.7 Å². The van der Waals surface area contributed by atoms with Crippen molar-refractivity contribution in [1.82, 2.24) is 10.6 Å². The van der Waals surface area contributed by atoms with E-state index in [1.54, 1.807) is 0 Å². The molecule has 10 heteroatoms. The van der Waals surface area contributed by atoms with Gasteiger partial charge in [-0.2, -0.15) is 0 Å². The summed E-state index contributed by atoms with van der Waals surface area (Å²) in [6.07, 6.45) is 15.9. The van der Waals surface area contributed by atoms with Gasteiger partial charge in [-0.15, -0.1) is 0 Å². The van der Waals surface area contributed by atoms with Gasteiger partial charge in [-0.25, -0.2) is 0 Å². The minimum atomic E-state index is 0.334. The van der Waals surface area contributed by atoms with E-state index in [2.05, 4.69) is 44.5 Å². The van der Waals surface area contributed by atoms with Crippen molar-refractivity contribution in [2.75, 3.05) is 26.2 Å². The van der Waals surface area contributed by atoms with Crippen LogP contribution < -0.4 is 33.6 Å². The first kappa shape index (κ1) is 31.5. The van der Waals surface area contributed by atoms with Crippen LogP contribution in [0.2, 0.25) is 0 Å². The fraction of sp³-hybridized carbons (Fsp3) is 0.833. The third-order valence-corrected chi connectivity index (χ3v) is 5.23. The van der Waals surface area contributed by atoms with Gasteiger partial charge in [-0.3, -0.25) is 30.6 Å². The Kier molecular flexibility index (Phi) is 21.9. The van der Waals surface area contributed by atoms with E-state index in [4.69, 9.17) is 22.9 Å². The summed E-state index contributed by atoms with van der Waals surface area (Å²) in [7, 11) is 0. The molecule has 0 aliphatic carbocycles. The quantitative estimate of drug-likeness (QED) is 0.0939. The fourth-order valence-corrected chi connectivity index (χ4v) is 3.23. The van der Waals surface area contributed by atoms with Crippen molar-refractivity contribution in [3.8, 4) is 0 Å². The third kappa shape index (κ3) is 22.7. The molecule has 0 spiro atoms. The molecule has 0 aromatic rings. The topological polar surface area (TPSA) is 178 Å². The molecular formula is C24H52N10. The molecule has 0 radical (unpaired) electrons. The van der Waals surface area contributed by atoms with Gasteiger partial charge in [0, 0.05) is 26.2 Å². The number of nitrogens with one attached hydrogen (secondary N) is 2. The lowest BCUT2D eigenvalue weighted by molar-refractivity contribution is 0.601. The van der Waals surface area contributed by atoms with Crippen molar-refractivity contribution in [2.45, 2.75) is 104 Å². The zero-order valence-electron chi connectivity index (χ0n) is 21.8. The van der Waals surface area contributed by atoms with Gasteiger partial charge >= 0.3 is 0 Å². The van der Waals surface area contributed by atoms with Crippen molar-refractivity contribution in [2.24, 2.45) is 42.9 Å². The summed E-state index contributed by atoms with van der Waals surface area (Å²) in [6.45, 7) is 7.21. The number of nitrogens with zero attached hydrogens (tertiary/aromatic N) is 4. The molecule has 0 rings (SSSR count). The zero-order chi connectivity index (χ0) is 25.3. The predicted octanol–water partition coefficient (Wildman–Crippen LogP) is 2.93. The summed E-state index contributed by atoms with van der Waals surface area (Å²) in [5.74, 6) is 1.35. The Hall–Kier alpha value is -2.52. The van der Waals surface area contributed by atoms with Crippen LogP contribution in [0, 0.1) is 0 Å². The molecule has 0 aliphatic rings. The average molecular weight is 481 g/mol. The van der Waals surface area contributed by atoms with Crippen LogP contribution in [0.5, 0.6) is 0 Å². The number of aliphatic imine (C=N–C) groups is 4. The molecule has 0 aromatic heterocycles. The number of hydrogen-bond donors (Lipinski definition) is 6. The lowest BCUT2D eigenvalue weighted by atomic mass is 10.1. The molecule has 0 aliphatic heterocycles. The molecule has 0 atom stereocenters. The molecule has 34 heavy (non-hydrogen) atoms. The lowest BCUT2D eigenvalue weighted by Crippen LogP contribution is -2.41. The number of nitrogens with two attached hydrogens (primary N) is 4. The first-order valence-electron chi connectivity index (χ1n) is 13.2. The van der Waals surface area contributed by atoms with Crippen LogP contribution in [0.15, 0.2) is 20.0 Å². The molecule has 10 N–H and O–H groups in total. The van der Waals surface area contributed by atoms with E-state index in [0.29, 0.717) is 36.9 Å². The van der Waals surface area contributed by atoms with E-state index < -0.39 is 0 Å². The highest BCUT2D eigenvalue weighted by Gasteiger charge is 1.97. The highest BCUT2D eigenvalue weighted by Crippen LogP contribution is 2.05. The largest absolute Gasteiger partial charge is 0.370 e. The minimum absolute atomic E-state index is 0.334. The fourth-order valence-electron chi connectivity index (χ4n) is 3.23. The van der Waals surface area contributed by atoms with Crippen LogP contribution in [0.25, 0.3) is 0 Å². The molecule has 0 saturated carbocycles. The lowest BCUT2D eigenvalue weighted by Gasteiger charge is -2.05. The van der Waals surface area contributed by atoms with Crippen LogP contribution in [0.4, 0.5) is 0 Å². The van der Waals surface area contributed by atoms with Gasteiger partial charge in [0.25, 0.3) is 0 Å². The van der Waals surface area contributed by atoms with Gasteiger partial charge in [0.2, 0.25) is 0 Å². The highest BCUT2D eigenvalue weighted by molar-refractivity contribution is 5.97. The van der Waals surface area contributed by atoms with Crippen molar-refractivity contribution < 1.29 is 0 Å². The summed E-state index contributed by atoms with van der Waals surface area (Å²) in [4.78, 5) is 17.1. The van der Waals surface area contributed by atoms with Crippen LogP contribution >= 0.6 is 0 Å². The smallest absolute Gasteiger partial charge is 0.195 e. The second-order valence-electron chi connectivity index (χ2n) is 8.56. The third-order valence-electron chi connectivity index (χ3n) is 5.23. The van der Waals surface area contributed by atoms with Crippen LogP contribution in [0.1, 0.15) is 104 Å².